The van der Waals surface area contributed by atoms with E-state index < -0.39 is 5.97 Å². The fourth-order valence-corrected chi connectivity index (χ4v) is 1.49. The number of aliphatic carboxylic acids is 1. The first-order valence-electron chi connectivity index (χ1n) is 5.67. The highest BCUT2D eigenvalue weighted by Crippen LogP contribution is 2.13. The fraction of sp³-hybridized carbons (Fsp3) is 0.385. The Morgan fingerprint density at radius 1 is 1.18 bits per heavy atom. The second kappa shape index (κ2) is 6.68. The van der Waals surface area contributed by atoms with E-state index in [1.54, 1.807) is 0 Å². The number of carboxylic acids is 1. The van der Waals surface area contributed by atoms with Crippen molar-refractivity contribution in [3.8, 4) is 0 Å². The highest BCUT2D eigenvalue weighted by Gasteiger charge is 2.04. The Kier molecular flexibility index (Phi) is 5.20. The van der Waals surface area contributed by atoms with E-state index in [4.69, 9.17) is 5.11 Å². The van der Waals surface area contributed by atoms with Crippen LogP contribution in [0.2, 0.25) is 0 Å². The van der Waals surface area contributed by atoms with Crippen LogP contribution in [0.4, 0.5) is 5.69 Å². The summed E-state index contributed by atoms with van der Waals surface area (Å²) in [6.45, 7) is 1.93. The second-order valence-electron chi connectivity index (χ2n) is 3.96. The number of carbonyl (C=O) groups excluding carboxylic acids is 1. The first-order valence-corrected chi connectivity index (χ1v) is 5.67. The van der Waals surface area contributed by atoms with Gasteiger partial charge in [-0.3, -0.25) is 9.59 Å². The van der Waals surface area contributed by atoms with E-state index >= 15 is 0 Å². The highest BCUT2D eigenvalue weighted by molar-refractivity contribution is 5.91. The molecule has 0 saturated heterocycles. The van der Waals surface area contributed by atoms with Gasteiger partial charge in [-0.15, -0.1) is 0 Å². The molecule has 0 heterocycles. The number of rotatable bonds is 6. The largest absolute Gasteiger partial charge is 0.481 e. The molecule has 1 amide bonds. The quantitative estimate of drug-likeness (QED) is 0.745. The molecule has 0 atom stereocenters. The third-order valence-electron chi connectivity index (χ3n) is 2.46. The number of hydrogen-bond donors (Lipinski definition) is 2. The second-order valence-corrected chi connectivity index (χ2v) is 3.96. The molecular formula is C13H17NO3. The van der Waals surface area contributed by atoms with Gasteiger partial charge in [0.25, 0.3) is 0 Å². The predicted octanol–water partition coefficient (Wildman–Crippen LogP) is 2.58. The van der Waals surface area contributed by atoms with Crippen molar-refractivity contribution in [3.05, 3.63) is 29.8 Å². The molecule has 0 radical (unpaired) electrons. The van der Waals surface area contributed by atoms with Crippen LogP contribution in [0.25, 0.3) is 0 Å². The van der Waals surface area contributed by atoms with Crippen LogP contribution in [0.1, 0.15) is 31.2 Å². The van der Waals surface area contributed by atoms with E-state index in [1.165, 1.54) is 0 Å². The summed E-state index contributed by atoms with van der Waals surface area (Å²) in [4.78, 5) is 21.8. The molecule has 0 aliphatic carbocycles. The van der Waals surface area contributed by atoms with Crippen LogP contribution in [0.15, 0.2) is 24.3 Å². The number of carboxylic acid groups (broad SMARTS) is 1. The normalized spacial score (nSPS) is 9.94. The number of nitrogens with one attached hydrogen (secondary N) is 1. The van der Waals surface area contributed by atoms with Crippen molar-refractivity contribution in [3.63, 3.8) is 0 Å². The SMILES string of the molecule is Cc1ccccc1NC(=O)CCCCC(=O)O. The average Bonchev–Trinajstić information content (AvgIpc) is 2.27. The van der Waals surface area contributed by atoms with Crippen LogP contribution in [-0.4, -0.2) is 17.0 Å². The standard InChI is InChI=1S/C13H17NO3/c1-10-6-2-3-7-11(10)14-12(15)8-4-5-9-13(16)17/h2-3,6-7H,4-5,8-9H2,1H3,(H,14,15)(H,16,17). The highest BCUT2D eigenvalue weighted by atomic mass is 16.4. The summed E-state index contributed by atoms with van der Waals surface area (Å²) in [7, 11) is 0. The van der Waals surface area contributed by atoms with Gasteiger partial charge >= 0.3 is 5.97 Å². The number of hydrogen-bond acceptors (Lipinski definition) is 2. The van der Waals surface area contributed by atoms with Gasteiger partial charge in [-0.05, 0) is 31.4 Å². The number of amides is 1. The van der Waals surface area contributed by atoms with E-state index in [9.17, 15) is 9.59 Å². The van der Waals surface area contributed by atoms with Crippen molar-refractivity contribution in [1.29, 1.82) is 0 Å². The molecule has 4 nitrogen and oxygen atoms in total. The summed E-state index contributed by atoms with van der Waals surface area (Å²) in [5.41, 5.74) is 1.84. The minimum absolute atomic E-state index is 0.0651. The average molecular weight is 235 g/mol. The van der Waals surface area contributed by atoms with Gasteiger partial charge in [0.05, 0.1) is 0 Å². The zero-order valence-electron chi connectivity index (χ0n) is 9.90. The molecule has 2 N–H and O–H groups in total. The van der Waals surface area contributed by atoms with E-state index in [0.29, 0.717) is 19.3 Å². The van der Waals surface area contributed by atoms with E-state index in [-0.39, 0.29) is 12.3 Å². The molecule has 0 fully saturated rings. The number of para-hydroxylation sites is 1. The lowest BCUT2D eigenvalue weighted by atomic mass is 10.1. The van der Waals surface area contributed by atoms with Crippen molar-refractivity contribution in [2.75, 3.05) is 5.32 Å². The monoisotopic (exact) mass is 235 g/mol. The van der Waals surface area contributed by atoms with Gasteiger partial charge in [0.15, 0.2) is 0 Å². The molecule has 0 saturated carbocycles. The molecule has 92 valence electrons. The van der Waals surface area contributed by atoms with E-state index in [2.05, 4.69) is 5.32 Å². The third kappa shape index (κ3) is 5.15. The molecule has 17 heavy (non-hydrogen) atoms. The van der Waals surface area contributed by atoms with E-state index in [1.807, 2.05) is 31.2 Å². The third-order valence-corrected chi connectivity index (χ3v) is 2.46. The Morgan fingerprint density at radius 2 is 1.82 bits per heavy atom. The number of unbranched alkanes of at least 4 members (excludes halogenated alkanes) is 1. The van der Waals surface area contributed by atoms with Gasteiger partial charge in [0, 0.05) is 18.5 Å². The molecule has 1 aromatic rings. The maximum absolute atomic E-state index is 11.6. The smallest absolute Gasteiger partial charge is 0.303 e. The Hall–Kier alpha value is -1.84. The van der Waals surface area contributed by atoms with Crippen LogP contribution in [0.5, 0.6) is 0 Å². The lowest BCUT2D eigenvalue weighted by Gasteiger charge is -2.07. The van der Waals surface area contributed by atoms with Gasteiger partial charge in [-0.2, -0.15) is 0 Å². The lowest BCUT2D eigenvalue weighted by Crippen LogP contribution is -2.12. The van der Waals surface area contributed by atoms with Crippen molar-refractivity contribution in [2.24, 2.45) is 0 Å². The van der Waals surface area contributed by atoms with Crippen LogP contribution < -0.4 is 5.32 Å². The van der Waals surface area contributed by atoms with Crippen LogP contribution in [0.3, 0.4) is 0 Å². The zero-order valence-corrected chi connectivity index (χ0v) is 9.90. The summed E-state index contributed by atoms with van der Waals surface area (Å²) < 4.78 is 0. The molecular weight excluding hydrogens is 218 g/mol. The van der Waals surface area contributed by atoms with E-state index in [0.717, 1.165) is 11.3 Å². The number of carbonyl (C=O) groups is 2. The molecule has 0 aromatic heterocycles. The Balaban J connectivity index is 2.30. The minimum atomic E-state index is -0.815. The van der Waals surface area contributed by atoms with Gasteiger partial charge in [0.2, 0.25) is 5.91 Å². The molecule has 0 bridgehead atoms. The Bertz CT molecular complexity index is 401. The Morgan fingerprint density at radius 3 is 2.47 bits per heavy atom. The van der Waals surface area contributed by atoms with Crippen LogP contribution in [0, 0.1) is 6.92 Å². The Labute approximate surface area is 101 Å². The lowest BCUT2D eigenvalue weighted by molar-refractivity contribution is -0.137. The predicted molar refractivity (Wildman–Crippen MR) is 65.9 cm³/mol. The minimum Gasteiger partial charge on any atom is -0.481 e. The van der Waals surface area contributed by atoms with Gasteiger partial charge in [-0.25, -0.2) is 0 Å². The molecule has 0 unspecified atom stereocenters. The summed E-state index contributed by atoms with van der Waals surface area (Å²) in [5.74, 6) is -0.881. The first kappa shape index (κ1) is 13.2. The zero-order chi connectivity index (χ0) is 12.7. The molecule has 0 aliphatic heterocycles. The molecule has 1 aromatic carbocycles. The molecule has 0 aliphatic rings. The number of benzene rings is 1. The maximum Gasteiger partial charge on any atom is 0.303 e. The summed E-state index contributed by atoms with van der Waals surface area (Å²) in [6.07, 6.45) is 1.62. The van der Waals surface area contributed by atoms with Crippen LogP contribution >= 0.6 is 0 Å². The number of anilines is 1. The molecule has 4 heteroatoms. The van der Waals surface area contributed by atoms with Gasteiger partial charge in [-0.1, -0.05) is 18.2 Å². The first-order chi connectivity index (χ1) is 8.09. The molecule has 0 spiro atoms. The summed E-state index contributed by atoms with van der Waals surface area (Å²) in [5, 5.41) is 11.3. The van der Waals surface area contributed by atoms with Crippen LogP contribution in [-0.2, 0) is 9.59 Å². The van der Waals surface area contributed by atoms with Crippen molar-refractivity contribution in [2.45, 2.75) is 32.6 Å². The van der Waals surface area contributed by atoms with Crippen molar-refractivity contribution >= 4 is 17.6 Å². The number of aryl methyl sites for hydroxylation is 1. The maximum atomic E-state index is 11.6. The molecule has 1 rings (SSSR count). The van der Waals surface area contributed by atoms with Gasteiger partial charge in [0.1, 0.15) is 0 Å². The summed E-state index contributed by atoms with van der Waals surface area (Å²) in [6, 6.07) is 7.56. The van der Waals surface area contributed by atoms with Crippen molar-refractivity contribution < 1.29 is 14.7 Å². The summed E-state index contributed by atoms with van der Waals surface area (Å²) >= 11 is 0. The fourth-order valence-electron chi connectivity index (χ4n) is 1.49. The topological polar surface area (TPSA) is 66.4 Å². The van der Waals surface area contributed by atoms with Gasteiger partial charge < -0.3 is 10.4 Å². The van der Waals surface area contributed by atoms with Crippen molar-refractivity contribution in [1.82, 2.24) is 0 Å².